The van der Waals surface area contributed by atoms with E-state index in [9.17, 15) is 29.4 Å². The number of hydrogen-bond donors (Lipinski definition) is 2. The minimum Gasteiger partial charge on any atom is -0.371 e. The van der Waals surface area contributed by atoms with Crippen molar-refractivity contribution in [3.05, 3.63) is 0 Å². The summed E-state index contributed by atoms with van der Waals surface area (Å²) in [5.74, 6) is -1.70. The Morgan fingerprint density at radius 3 is 1.79 bits per heavy atom. The molecule has 0 aromatic rings. The van der Waals surface area contributed by atoms with Crippen LogP contribution >= 0.6 is 0 Å². The summed E-state index contributed by atoms with van der Waals surface area (Å²) in [4.78, 5) is 56.0. The van der Waals surface area contributed by atoms with Gasteiger partial charge in [0.25, 0.3) is 11.8 Å². The second-order valence-corrected chi connectivity index (χ2v) is 9.13. The smallest absolute Gasteiger partial charge is 0.333 e. The van der Waals surface area contributed by atoms with Crippen LogP contribution in [0.4, 0.5) is 0 Å². The Kier molecular flexibility index (Phi) is 13.1. The lowest BCUT2D eigenvalue weighted by atomic mass is 10.0. The van der Waals surface area contributed by atoms with Crippen molar-refractivity contribution < 1.29 is 39.1 Å². The summed E-state index contributed by atoms with van der Waals surface area (Å²) in [6, 6.07) is 0. The lowest BCUT2D eigenvalue weighted by Gasteiger charge is -2.22. The summed E-state index contributed by atoms with van der Waals surface area (Å²) < 4.78 is 0. The molecule has 194 valence electrons. The second kappa shape index (κ2) is 15.8. The number of carbonyl (C=O) groups excluding carboxylic acids is 4. The van der Waals surface area contributed by atoms with Gasteiger partial charge in [-0.05, 0) is 12.8 Å². The maximum atomic E-state index is 11.7. The molecule has 0 bridgehead atoms. The third-order valence-corrected chi connectivity index (χ3v) is 6.15. The van der Waals surface area contributed by atoms with Crippen LogP contribution in [0.1, 0.15) is 116 Å². The minimum absolute atomic E-state index is 0.112. The molecule has 3 amide bonds. The largest absolute Gasteiger partial charge is 0.371 e. The van der Waals surface area contributed by atoms with Crippen molar-refractivity contribution in [2.45, 2.75) is 128 Å². The average molecular weight is 485 g/mol. The van der Waals surface area contributed by atoms with E-state index >= 15 is 0 Å². The van der Waals surface area contributed by atoms with E-state index in [-0.39, 0.29) is 31.6 Å². The highest BCUT2D eigenvalue weighted by molar-refractivity contribution is 6.01. The van der Waals surface area contributed by atoms with Crippen molar-refractivity contribution in [1.82, 2.24) is 10.1 Å². The van der Waals surface area contributed by atoms with Crippen molar-refractivity contribution in [1.29, 1.82) is 0 Å². The standard InChI is InChI=1S/C24H40N2O8/c27-19-15-16-20(28)25(19)33-23(31)13-11-9-7-5-3-1-2-4-6-8-10-12-14-24(32)34-26-21(29)17-18-22(26)30/h19,23,27,31H,1-18H2. The Hall–Kier alpha value is -2.04. The maximum absolute atomic E-state index is 11.7. The minimum atomic E-state index is -1.05. The number of imide groups is 1. The first-order chi connectivity index (χ1) is 16.4. The van der Waals surface area contributed by atoms with E-state index in [1.807, 2.05) is 0 Å². The van der Waals surface area contributed by atoms with Crippen LogP contribution in [-0.2, 0) is 28.9 Å². The number of aliphatic hydroxyl groups excluding tert-OH is 2. The fourth-order valence-electron chi connectivity index (χ4n) is 4.12. The van der Waals surface area contributed by atoms with Crippen LogP contribution in [0.2, 0.25) is 0 Å². The molecule has 2 N–H and O–H groups in total. The fourth-order valence-corrected chi connectivity index (χ4v) is 4.12. The van der Waals surface area contributed by atoms with Gasteiger partial charge in [0.15, 0.2) is 12.5 Å². The number of unbranched alkanes of at least 4 members (excludes halogenated alkanes) is 11. The topological polar surface area (TPSA) is 134 Å². The molecule has 0 radical (unpaired) electrons. The van der Waals surface area contributed by atoms with Gasteiger partial charge in [0.1, 0.15) is 0 Å². The molecule has 2 unspecified atom stereocenters. The van der Waals surface area contributed by atoms with E-state index in [4.69, 9.17) is 9.68 Å². The molecule has 0 aromatic carbocycles. The van der Waals surface area contributed by atoms with Crippen LogP contribution in [0.25, 0.3) is 0 Å². The van der Waals surface area contributed by atoms with Crippen molar-refractivity contribution in [2.24, 2.45) is 0 Å². The molecule has 2 fully saturated rings. The summed E-state index contributed by atoms with van der Waals surface area (Å²) in [7, 11) is 0. The molecule has 0 saturated carbocycles. The van der Waals surface area contributed by atoms with Gasteiger partial charge in [-0.3, -0.25) is 14.4 Å². The number of rotatable bonds is 18. The fraction of sp³-hybridized carbons (Fsp3) is 0.833. The van der Waals surface area contributed by atoms with E-state index in [2.05, 4.69) is 0 Å². The number of amides is 3. The van der Waals surface area contributed by atoms with Crippen LogP contribution in [0.3, 0.4) is 0 Å². The van der Waals surface area contributed by atoms with Gasteiger partial charge in [-0.1, -0.05) is 64.2 Å². The van der Waals surface area contributed by atoms with E-state index in [1.165, 1.54) is 25.7 Å². The Morgan fingerprint density at radius 1 is 0.794 bits per heavy atom. The van der Waals surface area contributed by atoms with Gasteiger partial charge in [0.05, 0.1) is 0 Å². The SMILES string of the molecule is O=C(CCCCCCCCCCCCCCC(O)ON1C(=O)CCC1O)ON1C(=O)CCC1=O. The predicted octanol–water partition coefficient (Wildman–Crippen LogP) is 3.25. The van der Waals surface area contributed by atoms with Gasteiger partial charge >= 0.3 is 5.97 Å². The highest BCUT2D eigenvalue weighted by Gasteiger charge is 2.33. The third-order valence-electron chi connectivity index (χ3n) is 6.15. The lowest BCUT2D eigenvalue weighted by Crippen LogP contribution is -2.36. The normalized spacial score (nSPS) is 19.4. The van der Waals surface area contributed by atoms with Crippen LogP contribution in [0.5, 0.6) is 0 Å². The summed E-state index contributed by atoms with van der Waals surface area (Å²) in [6.07, 6.45) is 12.1. The zero-order valence-electron chi connectivity index (χ0n) is 20.1. The number of carbonyl (C=O) groups is 4. The summed E-state index contributed by atoms with van der Waals surface area (Å²) >= 11 is 0. The van der Waals surface area contributed by atoms with Gasteiger partial charge in [-0.25, -0.2) is 9.63 Å². The van der Waals surface area contributed by atoms with Crippen LogP contribution in [0, 0.1) is 0 Å². The molecule has 2 heterocycles. The Bertz CT molecular complexity index is 655. The van der Waals surface area contributed by atoms with Gasteiger partial charge in [0.2, 0.25) is 5.91 Å². The first kappa shape index (κ1) is 28.2. The van der Waals surface area contributed by atoms with Crippen LogP contribution in [-0.4, -0.2) is 56.5 Å². The summed E-state index contributed by atoms with van der Waals surface area (Å²) in [6.45, 7) is 0. The monoisotopic (exact) mass is 484 g/mol. The molecule has 2 rings (SSSR count). The Balaban J connectivity index is 1.31. The van der Waals surface area contributed by atoms with E-state index in [1.54, 1.807) is 0 Å². The van der Waals surface area contributed by atoms with Gasteiger partial charge in [-0.2, -0.15) is 5.06 Å². The van der Waals surface area contributed by atoms with Crippen molar-refractivity contribution in [2.75, 3.05) is 0 Å². The Labute approximate surface area is 201 Å². The number of hydroxylamine groups is 4. The molecule has 34 heavy (non-hydrogen) atoms. The lowest BCUT2D eigenvalue weighted by molar-refractivity contribution is -0.287. The van der Waals surface area contributed by atoms with E-state index in [0.717, 1.165) is 50.0 Å². The van der Waals surface area contributed by atoms with Crippen molar-refractivity contribution in [3.63, 3.8) is 0 Å². The summed E-state index contributed by atoms with van der Waals surface area (Å²) in [5, 5.41) is 20.9. The molecule has 2 aliphatic heterocycles. The van der Waals surface area contributed by atoms with E-state index < -0.39 is 30.3 Å². The van der Waals surface area contributed by atoms with Crippen LogP contribution < -0.4 is 0 Å². The Morgan fingerprint density at radius 2 is 1.29 bits per heavy atom. The molecule has 0 aromatic heterocycles. The van der Waals surface area contributed by atoms with Crippen LogP contribution in [0.15, 0.2) is 0 Å². The second-order valence-electron chi connectivity index (χ2n) is 9.13. The molecule has 2 atom stereocenters. The molecular weight excluding hydrogens is 444 g/mol. The zero-order chi connectivity index (χ0) is 24.8. The molecule has 2 aliphatic rings. The first-order valence-electron chi connectivity index (χ1n) is 12.8. The third kappa shape index (κ3) is 10.5. The molecule has 10 heteroatoms. The highest BCUT2D eigenvalue weighted by Crippen LogP contribution is 2.19. The zero-order valence-corrected chi connectivity index (χ0v) is 20.1. The quantitative estimate of drug-likeness (QED) is 0.172. The molecule has 2 saturated heterocycles. The van der Waals surface area contributed by atoms with E-state index in [0.29, 0.717) is 24.3 Å². The number of hydrogen-bond acceptors (Lipinski definition) is 8. The first-order valence-corrected chi connectivity index (χ1v) is 12.8. The predicted molar refractivity (Wildman–Crippen MR) is 121 cm³/mol. The maximum Gasteiger partial charge on any atom is 0.333 e. The average Bonchev–Trinajstić information content (AvgIpc) is 3.29. The molecular formula is C24H40N2O8. The van der Waals surface area contributed by atoms with Crippen molar-refractivity contribution >= 4 is 23.7 Å². The molecule has 0 aliphatic carbocycles. The highest BCUT2D eigenvalue weighted by atomic mass is 16.8. The van der Waals surface area contributed by atoms with Gasteiger partial charge in [0, 0.05) is 38.5 Å². The number of aliphatic hydroxyl groups is 2. The molecule has 10 nitrogen and oxygen atoms in total. The van der Waals surface area contributed by atoms with Gasteiger partial charge in [-0.15, -0.1) is 5.06 Å². The summed E-state index contributed by atoms with van der Waals surface area (Å²) in [5.41, 5.74) is 0. The van der Waals surface area contributed by atoms with Crippen molar-refractivity contribution in [3.8, 4) is 0 Å². The number of nitrogens with zero attached hydrogens (tertiary/aromatic N) is 2. The van der Waals surface area contributed by atoms with Gasteiger partial charge < -0.3 is 15.1 Å². The molecule has 0 spiro atoms.